The van der Waals surface area contributed by atoms with Gasteiger partial charge in [0, 0.05) is 29.0 Å². The van der Waals surface area contributed by atoms with E-state index in [0.717, 1.165) is 17.8 Å². The van der Waals surface area contributed by atoms with Crippen molar-refractivity contribution in [1.29, 1.82) is 0 Å². The van der Waals surface area contributed by atoms with Crippen molar-refractivity contribution in [2.24, 2.45) is 0 Å². The molecule has 1 heterocycles. The Balaban J connectivity index is 2.30. The van der Waals surface area contributed by atoms with Crippen molar-refractivity contribution in [3.63, 3.8) is 0 Å². The maximum Gasteiger partial charge on any atom is 0.245 e. The van der Waals surface area contributed by atoms with Gasteiger partial charge in [-0.05, 0) is 44.5 Å². The minimum atomic E-state index is -0.251. The lowest BCUT2D eigenvalue weighted by Crippen LogP contribution is -2.42. The fourth-order valence-corrected chi connectivity index (χ4v) is 3.00. The first kappa shape index (κ1) is 22.9. The average molecular weight is 419 g/mol. The Bertz CT molecular complexity index is 851. The van der Waals surface area contributed by atoms with Gasteiger partial charge in [-0.15, -0.1) is 0 Å². The van der Waals surface area contributed by atoms with E-state index in [-0.39, 0.29) is 29.8 Å². The number of anilines is 1. The zero-order chi connectivity index (χ0) is 21.8. The number of amides is 2. The van der Waals surface area contributed by atoms with Crippen LogP contribution in [-0.4, -0.2) is 39.1 Å². The molecule has 29 heavy (non-hydrogen) atoms. The second-order valence-corrected chi connectivity index (χ2v) is 8.90. The van der Waals surface area contributed by atoms with E-state index in [1.165, 1.54) is 0 Å². The molecule has 0 fully saturated rings. The van der Waals surface area contributed by atoms with Crippen molar-refractivity contribution in [1.82, 2.24) is 14.7 Å². The Hall–Kier alpha value is -2.34. The molecule has 0 atom stereocenters. The molecular formula is C22H31ClN4O2. The molecule has 0 saturated carbocycles. The number of hydrogen-bond acceptors (Lipinski definition) is 3. The van der Waals surface area contributed by atoms with Gasteiger partial charge < -0.3 is 10.2 Å². The highest BCUT2D eigenvalue weighted by Gasteiger charge is 2.23. The minimum absolute atomic E-state index is 0.00709. The molecule has 0 aliphatic carbocycles. The Morgan fingerprint density at radius 1 is 1.21 bits per heavy atom. The lowest BCUT2D eigenvalue weighted by molar-refractivity contribution is -0.136. The van der Waals surface area contributed by atoms with E-state index >= 15 is 0 Å². The topological polar surface area (TPSA) is 67.2 Å². The zero-order valence-electron chi connectivity index (χ0n) is 18.1. The van der Waals surface area contributed by atoms with E-state index in [4.69, 9.17) is 16.7 Å². The van der Waals surface area contributed by atoms with Crippen LogP contribution in [0.2, 0.25) is 5.02 Å². The molecule has 0 unspecified atom stereocenters. The fraction of sp³-hybridized carbons (Fsp3) is 0.500. The molecule has 6 nitrogen and oxygen atoms in total. The highest BCUT2D eigenvalue weighted by Crippen LogP contribution is 2.27. The van der Waals surface area contributed by atoms with Crippen LogP contribution in [-0.2, 0) is 15.0 Å². The van der Waals surface area contributed by atoms with Gasteiger partial charge in [-0.25, -0.2) is 4.68 Å². The summed E-state index contributed by atoms with van der Waals surface area (Å²) in [5.74, 6) is 0.298. The van der Waals surface area contributed by atoms with Crippen molar-refractivity contribution >= 4 is 29.2 Å². The number of hydrogen-bond donors (Lipinski definition) is 1. The molecule has 1 aromatic heterocycles. The van der Waals surface area contributed by atoms with Crippen molar-refractivity contribution in [2.45, 2.75) is 65.8 Å². The summed E-state index contributed by atoms with van der Waals surface area (Å²) in [4.78, 5) is 26.7. The number of nitrogens with zero attached hydrogens (tertiary/aromatic N) is 3. The Labute approximate surface area is 178 Å². The summed E-state index contributed by atoms with van der Waals surface area (Å²) in [6.07, 6.45) is 1.18. The summed E-state index contributed by atoms with van der Waals surface area (Å²) in [7, 11) is 0. The van der Waals surface area contributed by atoms with Crippen LogP contribution in [0.15, 0.2) is 30.3 Å². The molecule has 158 valence electrons. The van der Waals surface area contributed by atoms with Crippen LogP contribution in [0.25, 0.3) is 5.69 Å². The van der Waals surface area contributed by atoms with Crippen LogP contribution in [0.4, 0.5) is 5.82 Å². The normalized spacial score (nSPS) is 11.6. The van der Waals surface area contributed by atoms with Crippen molar-refractivity contribution in [3.05, 3.63) is 41.0 Å². The summed E-state index contributed by atoms with van der Waals surface area (Å²) in [5.41, 5.74) is 1.46. The Kier molecular flexibility index (Phi) is 7.47. The number of rotatable bonds is 7. The smallest absolute Gasteiger partial charge is 0.245 e. The monoisotopic (exact) mass is 418 g/mol. The zero-order valence-corrected chi connectivity index (χ0v) is 18.9. The van der Waals surface area contributed by atoms with Crippen molar-refractivity contribution in [3.8, 4) is 5.69 Å². The molecule has 7 heteroatoms. The SMILES string of the molecule is CCCC(=O)N(CC(=O)Nc1cc(C(C)(C)C)nn1-c1ccc(Cl)cc1)C(C)C. The Morgan fingerprint density at radius 3 is 2.34 bits per heavy atom. The van der Waals surface area contributed by atoms with Gasteiger partial charge in [-0.1, -0.05) is 39.3 Å². The molecule has 0 bridgehead atoms. The molecule has 2 aromatic rings. The predicted octanol–water partition coefficient (Wildman–Crippen LogP) is 4.80. The van der Waals surface area contributed by atoms with Gasteiger partial charge in [0.15, 0.2) is 0 Å². The minimum Gasteiger partial charge on any atom is -0.331 e. The predicted molar refractivity (Wildman–Crippen MR) is 118 cm³/mol. The molecule has 0 radical (unpaired) electrons. The van der Waals surface area contributed by atoms with Gasteiger partial charge in [-0.2, -0.15) is 5.10 Å². The average Bonchev–Trinajstić information content (AvgIpc) is 3.04. The third-order valence-electron chi connectivity index (χ3n) is 4.54. The van der Waals surface area contributed by atoms with Crippen LogP contribution in [0.5, 0.6) is 0 Å². The first-order valence-electron chi connectivity index (χ1n) is 9.98. The van der Waals surface area contributed by atoms with E-state index in [1.54, 1.807) is 21.7 Å². The number of aromatic nitrogens is 2. The van der Waals surface area contributed by atoms with Gasteiger partial charge in [0.2, 0.25) is 11.8 Å². The highest BCUT2D eigenvalue weighted by molar-refractivity contribution is 6.30. The maximum atomic E-state index is 12.8. The third-order valence-corrected chi connectivity index (χ3v) is 4.79. The largest absolute Gasteiger partial charge is 0.331 e. The summed E-state index contributed by atoms with van der Waals surface area (Å²) >= 11 is 6.01. The molecule has 2 rings (SSSR count). The fourth-order valence-electron chi connectivity index (χ4n) is 2.87. The lowest BCUT2D eigenvalue weighted by Gasteiger charge is -2.26. The van der Waals surface area contributed by atoms with Crippen molar-refractivity contribution in [2.75, 3.05) is 11.9 Å². The molecule has 1 aromatic carbocycles. The molecule has 0 spiro atoms. The van der Waals surface area contributed by atoms with Gasteiger partial charge in [0.1, 0.15) is 12.4 Å². The van der Waals surface area contributed by atoms with Gasteiger partial charge in [-0.3, -0.25) is 9.59 Å². The third kappa shape index (κ3) is 6.07. The second kappa shape index (κ2) is 9.44. The number of halogens is 1. The number of benzene rings is 1. The van der Waals surface area contributed by atoms with Crippen LogP contribution in [0, 0.1) is 0 Å². The molecule has 2 amide bonds. The highest BCUT2D eigenvalue weighted by atomic mass is 35.5. The van der Waals surface area contributed by atoms with E-state index in [1.807, 2.05) is 39.0 Å². The summed E-state index contributed by atoms with van der Waals surface area (Å²) in [6, 6.07) is 9.09. The van der Waals surface area contributed by atoms with Gasteiger partial charge >= 0.3 is 0 Å². The standard InChI is InChI=1S/C22H31ClN4O2/c1-7-8-21(29)26(15(2)3)14-20(28)24-19-13-18(22(4,5)6)25-27(19)17-11-9-16(23)10-12-17/h9-13,15H,7-8,14H2,1-6H3,(H,24,28). The van der Waals surface area contributed by atoms with E-state index in [0.29, 0.717) is 17.3 Å². The van der Waals surface area contributed by atoms with Crippen LogP contribution in [0.3, 0.4) is 0 Å². The number of nitrogens with one attached hydrogen (secondary N) is 1. The summed E-state index contributed by atoms with van der Waals surface area (Å²) in [5, 5.41) is 8.25. The Morgan fingerprint density at radius 2 is 1.83 bits per heavy atom. The molecule has 0 saturated heterocycles. The second-order valence-electron chi connectivity index (χ2n) is 8.47. The van der Waals surface area contributed by atoms with Crippen molar-refractivity contribution < 1.29 is 9.59 Å². The quantitative estimate of drug-likeness (QED) is 0.702. The summed E-state index contributed by atoms with van der Waals surface area (Å²) < 4.78 is 1.70. The van der Waals surface area contributed by atoms with E-state index in [9.17, 15) is 9.59 Å². The molecular weight excluding hydrogens is 388 g/mol. The lowest BCUT2D eigenvalue weighted by atomic mass is 9.92. The van der Waals surface area contributed by atoms with Crippen LogP contribution in [0.1, 0.15) is 60.1 Å². The summed E-state index contributed by atoms with van der Waals surface area (Å²) in [6.45, 7) is 12.0. The number of carbonyl (C=O) groups excluding carboxylic acids is 2. The molecule has 1 N–H and O–H groups in total. The van der Waals surface area contributed by atoms with Gasteiger partial charge in [0.05, 0.1) is 11.4 Å². The first-order chi connectivity index (χ1) is 13.5. The number of carbonyl (C=O) groups is 2. The first-order valence-corrected chi connectivity index (χ1v) is 10.4. The van der Waals surface area contributed by atoms with E-state index < -0.39 is 0 Å². The molecule has 0 aliphatic heterocycles. The van der Waals surface area contributed by atoms with Crippen LogP contribution < -0.4 is 5.32 Å². The van der Waals surface area contributed by atoms with Crippen LogP contribution >= 0.6 is 11.6 Å². The maximum absolute atomic E-state index is 12.8. The van der Waals surface area contributed by atoms with Gasteiger partial charge in [0.25, 0.3) is 0 Å². The van der Waals surface area contributed by atoms with E-state index in [2.05, 4.69) is 26.1 Å². The molecule has 0 aliphatic rings.